The Morgan fingerprint density at radius 2 is 1.96 bits per heavy atom. The quantitative estimate of drug-likeness (QED) is 0.435. The normalized spacial score (nSPS) is 10.9. The fraction of sp³-hybridized carbons (Fsp3) is 0.263. The first-order chi connectivity index (χ1) is 12.9. The number of nitrogens with one attached hydrogen (secondary N) is 1. The van der Waals surface area contributed by atoms with Crippen molar-refractivity contribution in [3.05, 3.63) is 63.7 Å². The number of carbonyl (C=O) groups is 1. The highest BCUT2D eigenvalue weighted by molar-refractivity contribution is 5.95. The largest absolute Gasteiger partial charge is 0.868 e. The molecule has 8 heteroatoms. The zero-order chi connectivity index (χ0) is 19.8. The lowest BCUT2D eigenvalue weighted by molar-refractivity contribution is -0.398. The maximum Gasteiger partial charge on any atom is 0.271 e. The van der Waals surface area contributed by atoms with Crippen LogP contribution in [-0.2, 0) is 0 Å². The molecule has 0 spiro atoms. The maximum atomic E-state index is 12.1. The Morgan fingerprint density at radius 1 is 1.26 bits per heavy atom. The lowest BCUT2D eigenvalue weighted by Crippen LogP contribution is -2.17. The Labute approximate surface area is 156 Å². The van der Waals surface area contributed by atoms with Gasteiger partial charge in [0.2, 0.25) is 0 Å². The van der Waals surface area contributed by atoms with Gasteiger partial charge in [0.05, 0.1) is 17.7 Å². The lowest BCUT2D eigenvalue weighted by Gasteiger charge is -2.08. The average Bonchev–Trinajstić information content (AvgIpc) is 2.63. The first-order valence-corrected chi connectivity index (χ1v) is 8.38. The van der Waals surface area contributed by atoms with Crippen molar-refractivity contribution in [3.63, 3.8) is 0 Å². The van der Waals surface area contributed by atoms with E-state index in [4.69, 9.17) is 4.74 Å². The Bertz CT molecular complexity index is 832. The monoisotopic (exact) mass is 370 g/mol. The van der Waals surface area contributed by atoms with Crippen molar-refractivity contribution in [1.82, 2.24) is 5.43 Å². The van der Waals surface area contributed by atoms with Crippen molar-refractivity contribution in [2.24, 2.45) is 11.0 Å². The second-order valence-corrected chi connectivity index (χ2v) is 6.24. The van der Waals surface area contributed by atoms with Crippen LogP contribution in [0.5, 0.6) is 11.5 Å². The molecule has 0 fully saturated rings. The molecule has 1 N–H and O–H groups in total. The number of nitrogens with zero attached hydrogens (tertiary/aromatic N) is 2. The van der Waals surface area contributed by atoms with Gasteiger partial charge in [-0.05, 0) is 42.4 Å². The third kappa shape index (κ3) is 6.10. The molecule has 0 aliphatic heterocycles. The predicted molar refractivity (Wildman–Crippen MR) is 99.0 cm³/mol. The number of amides is 1. The van der Waals surface area contributed by atoms with Crippen LogP contribution in [0.3, 0.4) is 0 Å². The van der Waals surface area contributed by atoms with Crippen LogP contribution >= 0.6 is 0 Å². The van der Waals surface area contributed by atoms with Gasteiger partial charge in [0.1, 0.15) is 5.75 Å². The lowest BCUT2D eigenvalue weighted by atomic mass is 10.1. The van der Waals surface area contributed by atoms with Crippen LogP contribution in [0.15, 0.2) is 47.6 Å². The van der Waals surface area contributed by atoms with Gasteiger partial charge in [0.15, 0.2) is 0 Å². The fourth-order valence-electron chi connectivity index (χ4n) is 2.10. The zero-order valence-corrected chi connectivity index (χ0v) is 15.0. The Balaban J connectivity index is 1.92. The molecule has 0 aromatic heterocycles. The van der Waals surface area contributed by atoms with Gasteiger partial charge in [-0.3, -0.25) is 14.9 Å². The van der Waals surface area contributed by atoms with Crippen molar-refractivity contribution in [2.75, 3.05) is 6.61 Å². The molecule has 0 saturated heterocycles. The molecule has 142 valence electrons. The number of benzene rings is 2. The first-order valence-electron chi connectivity index (χ1n) is 8.38. The molecule has 2 aromatic rings. The van der Waals surface area contributed by atoms with Gasteiger partial charge >= 0.3 is 0 Å². The van der Waals surface area contributed by atoms with E-state index in [-0.39, 0.29) is 0 Å². The molecule has 8 nitrogen and oxygen atoms in total. The molecule has 0 aliphatic rings. The third-order valence-corrected chi connectivity index (χ3v) is 3.64. The van der Waals surface area contributed by atoms with Crippen LogP contribution in [0.25, 0.3) is 0 Å². The molecule has 0 unspecified atom stereocenters. The van der Waals surface area contributed by atoms with Crippen molar-refractivity contribution >= 4 is 17.8 Å². The predicted octanol–water partition coefficient (Wildman–Crippen LogP) is 2.86. The molecule has 0 radical (unpaired) electrons. The minimum Gasteiger partial charge on any atom is -0.868 e. The molecule has 0 aliphatic carbocycles. The number of hydrogen-bond acceptors (Lipinski definition) is 6. The number of rotatable bonds is 8. The Hall–Kier alpha value is -3.42. The van der Waals surface area contributed by atoms with E-state index in [1.54, 1.807) is 24.3 Å². The van der Waals surface area contributed by atoms with Crippen LogP contribution in [0.1, 0.15) is 36.2 Å². The minimum absolute atomic E-state index is 0.329. The van der Waals surface area contributed by atoms with E-state index in [1.165, 1.54) is 12.3 Å². The third-order valence-electron chi connectivity index (χ3n) is 3.64. The summed E-state index contributed by atoms with van der Waals surface area (Å²) in [6.45, 7) is 4.84. The molecule has 27 heavy (non-hydrogen) atoms. The summed E-state index contributed by atoms with van der Waals surface area (Å²) < 4.78 is 5.59. The summed E-state index contributed by atoms with van der Waals surface area (Å²) in [5.41, 5.74) is 2.51. The summed E-state index contributed by atoms with van der Waals surface area (Å²) in [5.74, 6) is 0.117. The van der Waals surface area contributed by atoms with Crippen molar-refractivity contribution in [1.29, 1.82) is 0 Å². The highest BCUT2D eigenvalue weighted by atomic mass is 16.6. The zero-order valence-electron chi connectivity index (χ0n) is 15.0. The molecule has 1 amide bonds. The summed E-state index contributed by atoms with van der Waals surface area (Å²) >= 11 is 0. The van der Waals surface area contributed by atoms with Crippen molar-refractivity contribution < 1.29 is 19.6 Å². The molecular formula is C19H20N3O5-. The van der Waals surface area contributed by atoms with Gasteiger partial charge in [0, 0.05) is 17.2 Å². The summed E-state index contributed by atoms with van der Waals surface area (Å²) in [7, 11) is 0. The summed E-state index contributed by atoms with van der Waals surface area (Å²) in [6.07, 6.45) is 2.18. The summed E-state index contributed by atoms with van der Waals surface area (Å²) in [5, 5.41) is 25.8. The number of hydrazone groups is 1. The first kappa shape index (κ1) is 19.9. The Morgan fingerprint density at radius 3 is 2.59 bits per heavy atom. The van der Waals surface area contributed by atoms with E-state index in [1.807, 2.05) is 0 Å². The maximum absolute atomic E-state index is 12.1. The van der Waals surface area contributed by atoms with Crippen LogP contribution in [0.2, 0.25) is 0 Å². The van der Waals surface area contributed by atoms with Crippen LogP contribution < -0.4 is 15.3 Å². The SMILES string of the molecule is CC(C)CCOc1ccc(C(=O)N/N=C\c2ccc([O-])c([N+](=O)[O-])c2)cc1. The van der Waals surface area contributed by atoms with Gasteiger partial charge < -0.3 is 9.84 Å². The molecule has 0 atom stereocenters. The fourth-order valence-corrected chi connectivity index (χ4v) is 2.10. The summed E-state index contributed by atoms with van der Waals surface area (Å²) in [4.78, 5) is 22.0. The van der Waals surface area contributed by atoms with Crippen molar-refractivity contribution in [2.45, 2.75) is 20.3 Å². The minimum atomic E-state index is -0.761. The smallest absolute Gasteiger partial charge is 0.271 e. The number of hydrogen-bond donors (Lipinski definition) is 1. The van der Waals surface area contributed by atoms with E-state index < -0.39 is 22.3 Å². The highest BCUT2D eigenvalue weighted by Gasteiger charge is 2.08. The second kappa shape index (κ2) is 9.33. The van der Waals surface area contributed by atoms with Gasteiger partial charge in [-0.15, -0.1) is 0 Å². The number of nitro benzene ring substituents is 1. The van der Waals surface area contributed by atoms with Gasteiger partial charge in [-0.2, -0.15) is 5.10 Å². The number of nitro groups is 1. The van der Waals surface area contributed by atoms with E-state index >= 15 is 0 Å². The molecule has 2 aromatic carbocycles. The number of carbonyl (C=O) groups excluding carboxylic acids is 1. The average molecular weight is 370 g/mol. The topological polar surface area (TPSA) is 117 Å². The standard InChI is InChI=1S/C19H21N3O5/c1-13(2)9-10-27-16-6-4-15(5-7-16)19(24)21-20-12-14-3-8-18(23)17(11-14)22(25)26/h3-8,11-13,23H,9-10H2,1-2H3,(H,21,24)/p-1/b20-12-. The van der Waals surface area contributed by atoms with Crippen molar-refractivity contribution in [3.8, 4) is 11.5 Å². The van der Waals surface area contributed by atoms with E-state index in [9.17, 15) is 20.0 Å². The molecular weight excluding hydrogens is 350 g/mol. The van der Waals surface area contributed by atoms with E-state index in [0.29, 0.717) is 29.4 Å². The van der Waals surface area contributed by atoms with Crippen LogP contribution in [-0.4, -0.2) is 23.7 Å². The molecule has 0 saturated carbocycles. The van der Waals surface area contributed by atoms with E-state index in [0.717, 1.165) is 18.6 Å². The molecule has 2 rings (SSSR count). The Kier molecular flexibility index (Phi) is 6.87. The van der Waals surface area contributed by atoms with E-state index in [2.05, 4.69) is 24.4 Å². The highest BCUT2D eigenvalue weighted by Crippen LogP contribution is 2.22. The summed E-state index contributed by atoms with van der Waals surface area (Å²) in [6, 6.07) is 10.2. The van der Waals surface area contributed by atoms with Gasteiger partial charge in [0.25, 0.3) is 11.6 Å². The van der Waals surface area contributed by atoms with Crippen LogP contribution in [0, 0.1) is 16.0 Å². The number of ether oxygens (including phenoxy) is 1. The second-order valence-electron chi connectivity index (χ2n) is 6.24. The molecule has 0 bridgehead atoms. The van der Waals surface area contributed by atoms with Gasteiger partial charge in [-0.25, -0.2) is 5.43 Å². The van der Waals surface area contributed by atoms with Crippen LogP contribution in [0.4, 0.5) is 5.69 Å². The molecule has 0 heterocycles. The van der Waals surface area contributed by atoms with Gasteiger partial charge in [-0.1, -0.05) is 26.0 Å².